The molecule has 0 aliphatic carbocycles. The molecule has 1 aliphatic rings. The van der Waals surface area contributed by atoms with E-state index in [1.165, 1.54) is 43.2 Å². The Bertz CT molecular complexity index is 1410. The molecule has 35 heavy (non-hydrogen) atoms. The third-order valence-corrected chi connectivity index (χ3v) is 6.65. The number of aromatic nitrogens is 3. The molecule has 1 atom stereocenters. The van der Waals surface area contributed by atoms with Crippen molar-refractivity contribution in [1.82, 2.24) is 14.8 Å². The standard InChI is InChI=1S/C21H21F3N6O4S/c1-12-15(21(22,23)24)5-4-14(13-6-7-26-17(10-13)33-2)18(12)28-20(31)29-35(25,32)16-11-27-30-8-3-9-34-19(16)30/h4-7,10-11H,3,8-9H2,1-2H3,(H3,25,28,29,31,32). The Kier molecular flexibility index (Phi) is 6.42. The van der Waals surface area contributed by atoms with Gasteiger partial charge in [0.05, 0.1) is 31.2 Å². The number of amides is 2. The summed E-state index contributed by atoms with van der Waals surface area (Å²) in [7, 11) is -2.42. The predicted octanol–water partition coefficient (Wildman–Crippen LogP) is 4.00. The summed E-state index contributed by atoms with van der Waals surface area (Å²) >= 11 is 0. The zero-order valence-electron chi connectivity index (χ0n) is 18.6. The molecule has 0 bridgehead atoms. The Balaban J connectivity index is 1.77. The molecular weight excluding hydrogens is 489 g/mol. The second-order valence-corrected chi connectivity index (χ2v) is 9.33. The lowest BCUT2D eigenvalue weighted by Crippen LogP contribution is -2.21. The second kappa shape index (κ2) is 9.19. The number of hydrogen-bond acceptors (Lipinski definition) is 6. The smallest absolute Gasteiger partial charge is 0.416 e. The molecule has 3 N–H and O–H groups in total. The van der Waals surface area contributed by atoms with E-state index in [2.05, 4.69) is 19.8 Å². The lowest BCUT2D eigenvalue weighted by Gasteiger charge is -2.19. The fraction of sp³-hybridized carbons (Fsp3) is 0.286. The van der Waals surface area contributed by atoms with Gasteiger partial charge in [-0.05, 0) is 30.2 Å². The van der Waals surface area contributed by atoms with Crippen LogP contribution in [0.2, 0.25) is 0 Å². The van der Waals surface area contributed by atoms with Crippen LogP contribution in [-0.4, -0.2) is 38.7 Å². The number of methoxy groups -OCH3 is 1. The number of pyridine rings is 1. The zero-order chi connectivity index (χ0) is 25.4. The van der Waals surface area contributed by atoms with Gasteiger partial charge < -0.3 is 14.8 Å². The average Bonchev–Trinajstić information content (AvgIpc) is 3.24. The maximum Gasteiger partial charge on any atom is 0.416 e. The summed E-state index contributed by atoms with van der Waals surface area (Å²) in [6, 6.07) is 3.96. The Morgan fingerprint density at radius 1 is 1.34 bits per heavy atom. The highest BCUT2D eigenvalue weighted by molar-refractivity contribution is 7.91. The van der Waals surface area contributed by atoms with Gasteiger partial charge in [-0.2, -0.15) is 18.3 Å². The van der Waals surface area contributed by atoms with Crippen molar-refractivity contribution in [3.63, 3.8) is 0 Å². The van der Waals surface area contributed by atoms with Gasteiger partial charge >= 0.3 is 12.2 Å². The van der Waals surface area contributed by atoms with Crippen LogP contribution in [-0.2, 0) is 22.6 Å². The molecule has 2 aromatic heterocycles. The Morgan fingerprint density at radius 2 is 2.11 bits per heavy atom. The highest BCUT2D eigenvalue weighted by Gasteiger charge is 2.34. The SMILES string of the molecule is COc1cc(-c2ccc(C(F)(F)F)c(C)c2NC(=O)N=S(N)(=O)c2cnn3c2OCCC3)ccn1. The quantitative estimate of drug-likeness (QED) is 0.545. The van der Waals surface area contributed by atoms with Gasteiger partial charge in [-0.25, -0.2) is 23.8 Å². The molecule has 0 radical (unpaired) electrons. The first kappa shape index (κ1) is 24.5. The number of nitrogens with zero attached hydrogens (tertiary/aromatic N) is 4. The number of urea groups is 1. The second-order valence-electron chi connectivity index (χ2n) is 7.57. The van der Waals surface area contributed by atoms with Gasteiger partial charge in [0.15, 0.2) is 9.92 Å². The van der Waals surface area contributed by atoms with Crippen LogP contribution >= 0.6 is 0 Å². The first-order valence-electron chi connectivity index (χ1n) is 10.3. The molecule has 1 aromatic carbocycles. The summed E-state index contributed by atoms with van der Waals surface area (Å²) in [5.74, 6) is 0.359. The van der Waals surface area contributed by atoms with E-state index in [4.69, 9.17) is 14.6 Å². The number of aryl methyl sites for hydroxylation is 1. The van der Waals surface area contributed by atoms with Crippen molar-refractivity contribution in [3.8, 4) is 22.9 Å². The maximum absolute atomic E-state index is 13.6. The van der Waals surface area contributed by atoms with Crippen molar-refractivity contribution in [2.45, 2.75) is 31.0 Å². The molecule has 4 rings (SSSR count). The predicted molar refractivity (Wildman–Crippen MR) is 120 cm³/mol. The van der Waals surface area contributed by atoms with Gasteiger partial charge in [0.1, 0.15) is 4.90 Å². The molecule has 0 spiro atoms. The van der Waals surface area contributed by atoms with E-state index in [-0.39, 0.29) is 33.5 Å². The summed E-state index contributed by atoms with van der Waals surface area (Å²) in [5.41, 5.74) is -0.717. The first-order chi connectivity index (χ1) is 16.5. The van der Waals surface area contributed by atoms with Crippen molar-refractivity contribution in [3.05, 3.63) is 47.8 Å². The van der Waals surface area contributed by atoms with E-state index in [9.17, 15) is 22.2 Å². The zero-order valence-corrected chi connectivity index (χ0v) is 19.4. The van der Waals surface area contributed by atoms with Crippen LogP contribution in [0.4, 0.5) is 23.7 Å². The number of nitrogens with two attached hydrogens (primary N) is 1. The summed E-state index contributed by atoms with van der Waals surface area (Å²) in [6.07, 6.45) is -1.38. The van der Waals surface area contributed by atoms with Crippen LogP contribution in [0.15, 0.2) is 45.9 Å². The van der Waals surface area contributed by atoms with E-state index in [1.54, 1.807) is 6.07 Å². The number of alkyl halides is 3. The van der Waals surface area contributed by atoms with Crippen LogP contribution in [0.3, 0.4) is 0 Å². The minimum absolute atomic E-state index is 0.0767. The lowest BCUT2D eigenvalue weighted by molar-refractivity contribution is -0.138. The lowest BCUT2D eigenvalue weighted by atomic mass is 9.97. The van der Waals surface area contributed by atoms with Crippen molar-refractivity contribution < 1.29 is 31.6 Å². The van der Waals surface area contributed by atoms with Crippen molar-refractivity contribution in [2.75, 3.05) is 19.0 Å². The third kappa shape index (κ3) is 4.93. The van der Waals surface area contributed by atoms with Gasteiger partial charge in [-0.3, -0.25) is 0 Å². The molecule has 3 aromatic rings. The van der Waals surface area contributed by atoms with Crippen LogP contribution in [0.25, 0.3) is 11.1 Å². The van der Waals surface area contributed by atoms with E-state index in [1.807, 2.05) is 0 Å². The normalized spacial score (nSPS) is 14.9. The molecular formula is C21H21F3N6O4S. The van der Waals surface area contributed by atoms with E-state index in [0.29, 0.717) is 25.1 Å². The Hall–Kier alpha value is -3.65. The summed E-state index contributed by atoms with van der Waals surface area (Å²) in [6.45, 7) is 2.07. The van der Waals surface area contributed by atoms with Crippen LogP contribution in [0.5, 0.6) is 11.8 Å². The molecule has 3 heterocycles. The number of rotatable bonds is 4. The molecule has 0 saturated carbocycles. The molecule has 2 amide bonds. The van der Waals surface area contributed by atoms with E-state index < -0.39 is 27.7 Å². The number of benzene rings is 1. The minimum atomic E-state index is -4.68. The van der Waals surface area contributed by atoms with Gasteiger partial charge in [-0.1, -0.05) is 6.07 Å². The molecule has 14 heteroatoms. The number of carbonyl (C=O) groups excluding carboxylic acids is 1. The highest BCUT2D eigenvalue weighted by atomic mass is 32.2. The molecule has 0 saturated heterocycles. The highest BCUT2D eigenvalue weighted by Crippen LogP contribution is 2.40. The number of carbonyl (C=O) groups is 1. The van der Waals surface area contributed by atoms with Crippen LogP contribution in [0.1, 0.15) is 17.5 Å². The fourth-order valence-electron chi connectivity index (χ4n) is 3.66. The Labute approximate surface area is 198 Å². The summed E-state index contributed by atoms with van der Waals surface area (Å²) in [5, 5.41) is 12.2. The van der Waals surface area contributed by atoms with Gasteiger partial charge in [0.2, 0.25) is 11.8 Å². The summed E-state index contributed by atoms with van der Waals surface area (Å²) < 4.78 is 69.4. The maximum atomic E-state index is 13.6. The molecule has 10 nitrogen and oxygen atoms in total. The number of halogens is 3. The molecule has 186 valence electrons. The molecule has 1 unspecified atom stereocenters. The van der Waals surface area contributed by atoms with E-state index in [0.717, 1.165) is 6.07 Å². The Morgan fingerprint density at radius 3 is 2.83 bits per heavy atom. The number of nitrogens with one attached hydrogen (secondary N) is 1. The minimum Gasteiger partial charge on any atom is -0.481 e. The van der Waals surface area contributed by atoms with Crippen molar-refractivity contribution in [1.29, 1.82) is 0 Å². The van der Waals surface area contributed by atoms with Crippen molar-refractivity contribution >= 4 is 21.6 Å². The van der Waals surface area contributed by atoms with E-state index >= 15 is 0 Å². The largest absolute Gasteiger partial charge is 0.481 e. The molecule has 0 fully saturated rings. The van der Waals surface area contributed by atoms with Gasteiger partial charge in [0, 0.05) is 30.8 Å². The van der Waals surface area contributed by atoms with Crippen LogP contribution < -0.4 is 19.9 Å². The topological polar surface area (TPSA) is 134 Å². The fourth-order valence-corrected chi connectivity index (χ4v) is 4.66. The number of hydrogen-bond donors (Lipinski definition) is 2. The first-order valence-corrected chi connectivity index (χ1v) is 11.8. The molecule has 1 aliphatic heterocycles. The van der Waals surface area contributed by atoms with Gasteiger partial charge in [-0.15, -0.1) is 4.36 Å². The average molecular weight is 510 g/mol. The van der Waals surface area contributed by atoms with Crippen LogP contribution in [0, 0.1) is 6.92 Å². The van der Waals surface area contributed by atoms with Gasteiger partial charge in [0.25, 0.3) is 0 Å². The summed E-state index contributed by atoms with van der Waals surface area (Å²) in [4.78, 5) is 16.7. The van der Waals surface area contributed by atoms with Crippen molar-refractivity contribution in [2.24, 2.45) is 9.50 Å². The monoisotopic (exact) mass is 510 g/mol. The third-order valence-electron chi connectivity index (χ3n) is 5.30. The number of fused-ring (bicyclic) bond motifs is 1. The number of ether oxygens (including phenoxy) is 2. The number of anilines is 1.